The van der Waals surface area contributed by atoms with Crippen molar-refractivity contribution in [1.29, 1.82) is 0 Å². The summed E-state index contributed by atoms with van der Waals surface area (Å²) in [5.74, 6) is 0. The lowest BCUT2D eigenvalue weighted by Gasteiger charge is -2.32. The van der Waals surface area contributed by atoms with Gasteiger partial charge in [0.05, 0.1) is 6.10 Å². The maximum Gasteiger partial charge on any atom is 0.0693 e. The summed E-state index contributed by atoms with van der Waals surface area (Å²) in [6.45, 7) is 5.96. The molecule has 3 atom stereocenters. The molecule has 1 fully saturated rings. The Labute approximate surface area is 93.8 Å². The lowest BCUT2D eigenvalue weighted by molar-refractivity contribution is 0.0838. The van der Waals surface area contributed by atoms with Crippen molar-refractivity contribution in [3.8, 4) is 0 Å². The van der Waals surface area contributed by atoms with E-state index in [0.29, 0.717) is 12.1 Å². The van der Waals surface area contributed by atoms with Crippen LogP contribution in [0.2, 0.25) is 0 Å². The lowest BCUT2D eigenvalue weighted by atomic mass is 9.91. The van der Waals surface area contributed by atoms with Crippen LogP contribution in [0.1, 0.15) is 51.9 Å². The fourth-order valence-electron chi connectivity index (χ4n) is 2.33. The Morgan fingerprint density at radius 1 is 1.47 bits per heavy atom. The zero-order chi connectivity index (χ0) is 11.1. The molecular formula is C13H25NO. The maximum atomic E-state index is 9.86. The Bertz CT molecular complexity index is 181. The van der Waals surface area contributed by atoms with Crippen LogP contribution in [0.25, 0.3) is 0 Å². The second kappa shape index (κ2) is 7.02. The first-order valence-corrected chi connectivity index (χ1v) is 6.33. The Balaban J connectivity index is 2.31. The Morgan fingerprint density at radius 2 is 2.20 bits per heavy atom. The van der Waals surface area contributed by atoms with Crippen molar-refractivity contribution in [2.24, 2.45) is 0 Å². The molecule has 0 aromatic heterocycles. The molecule has 0 saturated heterocycles. The molecular weight excluding hydrogens is 186 g/mol. The van der Waals surface area contributed by atoms with E-state index in [4.69, 9.17) is 0 Å². The van der Waals surface area contributed by atoms with Gasteiger partial charge in [-0.1, -0.05) is 25.8 Å². The van der Waals surface area contributed by atoms with Crippen LogP contribution in [-0.2, 0) is 0 Å². The van der Waals surface area contributed by atoms with E-state index in [1.165, 1.54) is 12.8 Å². The molecule has 15 heavy (non-hydrogen) atoms. The van der Waals surface area contributed by atoms with Gasteiger partial charge in [-0.15, -0.1) is 6.58 Å². The number of rotatable bonds is 6. The molecule has 0 spiro atoms. The molecule has 0 amide bonds. The van der Waals surface area contributed by atoms with Gasteiger partial charge in [-0.25, -0.2) is 0 Å². The number of nitrogens with one attached hydrogen (secondary N) is 1. The normalized spacial score (nSPS) is 28.7. The summed E-state index contributed by atoms with van der Waals surface area (Å²) < 4.78 is 0. The molecule has 1 saturated carbocycles. The van der Waals surface area contributed by atoms with Gasteiger partial charge in [0.2, 0.25) is 0 Å². The smallest absolute Gasteiger partial charge is 0.0693 e. The highest BCUT2D eigenvalue weighted by Gasteiger charge is 2.24. The van der Waals surface area contributed by atoms with E-state index in [2.05, 4.69) is 18.8 Å². The highest BCUT2D eigenvalue weighted by atomic mass is 16.3. The Kier molecular flexibility index (Phi) is 5.96. The lowest BCUT2D eigenvalue weighted by Crippen LogP contribution is -2.46. The molecule has 0 unspecified atom stereocenters. The summed E-state index contributed by atoms with van der Waals surface area (Å²) in [6, 6.07) is 0.870. The highest BCUT2D eigenvalue weighted by molar-refractivity contribution is 4.84. The van der Waals surface area contributed by atoms with Crippen molar-refractivity contribution in [2.45, 2.75) is 70.1 Å². The fraction of sp³-hybridized carbons (Fsp3) is 0.846. The van der Waals surface area contributed by atoms with Crippen molar-refractivity contribution >= 4 is 0 Å². The minimum absolute atomic E-state index is 0.128. The monoisotopic (exact) mass is 211 g/mol. The van der Waals surface area contributed by atoms with Gasteiger partial charge in [0.1, 0.15) is 0 Å². The SMILES string of the molecule is C=CCC[C@H](CC)N[C@@H]1CCCC[C@@H]1O. The van der Waals surface area contributed by atoms with E-state index in [-0.39, 0.29) is 6.10 Å². The Hall–Kier alpha value is -0.340. The highest BCUT2D eigenvalue weighted by Crippen LogP contribution is 2.19. The van der Waals surface area contributed by atoms with Gasteiger partial charge in [-0.3, -0.25) is 0 Å². The average Bonchev–Trinajstić information content (AvgIpc) is 2.26. The zero-order valence-electron chi connectivity index (χ0n) is 9.91. The number of aliphatic hydroxyl groups excluding tert-OH is 1. The van der Waals surface area contributed by atoms with E-state index >= 15 is 0 Å². The molecule has 1 aliphatic rings. The number of hydrogen-bond acceptors (Lipinski definition) is 2. The van der Waals surface area contributed by atoms with Crippen LogP contribution >= 0.6 is 0 Å². The summed E-state index contributed by atoms with van der Waals surface area (Å²) in [4.78, 5) is 0. The van der Waals surface area contributed by atoms with Gasteiger partial charge >= 0.3 is 0 Å². The van der Waals surface area contributed by atoms with Gasteiger partial charge < -0.3 is 10.4 Å². The summed E-state index contributed by atoms with van der Waals surface area (Å²) in [5, 5.41) is 13.4. The molecule has 2 nitrogen and oxygen atoms in total. The minimum Gasteiger partial charge on any atom is -0.392 e. The van der Waals surface area contributed by atoms with Crippen LogP contribution in [0, 0.1) is 0 Å². The molecule has 88 valence electrons. The summed E-state index contributed by atoms with van der Waals surface area (Å²) in [6.07, 6.45) is 9.73. The van der Waals surface area contributed by atoms with Crippen LogP contribution in [0.15, 0.2) is 12.7 Å². The molecule has 0 aliphatic heterocycles. The van der Waals surface area contributed by atoms with E-state index in [1.54, 1.807) is 0 Å². The molecule has 1 rings (SSSR count). The van der Waals surface area contributed by atoms with Crippen LogP contribution in [-0.4, -0.2) is 23.3 Å². The maximum absolute atomic E-state index is 9.86. The van der Waals surface area contributed by atoms with Gasteiger partial charge in [0, 0.05) is 12.1 Å². The van der Waals surface area contributed by atoms with E-state index in [0.717, 1.165) is 32.1 Å². The first-order chi connectivity index (χ1) is 7.27. The quantitative estimate of drug-likeness (QED) is 0.662. The van der Waals surface area contributed by atoms with E-state index in [9.17, 15) is 5.11 Å². The first-order valence-electron chi connectivity index (χ1n) is 6.33. The van der Waals surface area contributed by atoms with E-state index in [1.807, 2.05) is 6.08 Å². The topological polar surface area (TPSA) is 32.3 Å². The van der Waals surface area contributed by atoms with Crippen molar-refractivity contribution in [3.63, 3.8) is 0 Å². The third kappa shape index (κ3) is 4.35. The Morgan fingerprint density at radius 3 is 2.80 bits per heavy atom. The number of aliphatic hydroxyl groups is 1. The second-order valence-corrected chi connectivity index (χ2v) is 4.60. The first kappa shape index (κ1) is 12.7. The summed E-state index contributed by atoms with van der Waals surface area (Å²) in [5.41, 5.74) is 0. The van der Waals surface area contributed by atoms with E-state index < -0.39 is 0 Å². The van der Waals surface area contributed by atoms with Crippen molar-refractivity contribution in [2.75, 3.05) is 0 Å². The third-order valence-electron chi connectivity index (χ3n) is 3.39. The number of hydrogen-bond donors (Lipinski definition) is 2. The molecule has 0 aromatic rings. The molecule has 2 N–H and O–H groups in total. The van der Waals surface area contributed by atoms with Crippen molar-refractivity contribution < 1.29 is 5.11 Å². The second-order valence-electron chi connectivity index (χ2n) is 4.60. The van der Waals surface area contributed by atoms with Gasteiger partial charge in [0.25, 0.3) is 0 Å². The van der Waals surface area contributed by atoms with Gasteiger partial charge in [-0.2, -0.15) is 0 Å². The zero-order valence-corrected chi connectivity index (χ0v) is 9.91. The third-order valence-corrected chi connectivity index (χ3v) is 3.39. The average molecular weight is 211 g/mol. The summed E-state index contributed by atoms with van der Waals surface area (Å²) >= 11 is 0. The van der Waals surface area contributed by atoms with Crippen LogP contribution < -0.4 is 5.32 Å². The minimum atomic E-state index is -0.128. The van der Waals surface area contributed by atoms with Crippen molar-refractivity contribution in [3.05, 3.63) is 12.7 Å². The van der Waals surface area contributed by atoms with Gasteiger partial charge in [0.15, 0.2) is 0 Å². The molecule has 1 aliphatic carbocycles. The predicted molar refractivity (Wildman–Crippen MR) is 64.9 cm³/mol. The molecule has 0 heterocycles. The molecule has 2 heteroatoms. The van der Waals surface area contributed by atoms with Gasteiger partial charge in [-0.05, 0) is 32.1 Å². The molecule has 0 bridgehead atoms. The summed E-state index contributed by atoms with van der Waals surface area (Å²) in [7, 11) is 0. The van der Waals surface area contributed by atoms with Crippen LogP contribution in [0.5, 0.6) is 0 Å². The number of allylic oxidation sites excluding steroid dienone is 1. The fourth-order valence-corrected chi connectivity index (χ4v) is 2.33. The molecule has 0 radical (unpaired) electrons. The van der Waals surface area contributed by atoms with Crippen LogP contribution in [0.3, 0.4) is 0 Å². The largest absolute Gasteiger partial charge is 0.392 e. The predicted octanol–water partition coefficient (Wildman–Crippen LogP) is 2.62. The van der Waals surface area contributed by atoms with Crippen LogP contribution in [0.4, 0.5) is 0 Å². The van der Waals surface area contributed by atoms with Crippen molar-refractivity contribution in [1.82, 2.24) is 5.32 Å². The molecule has 0 aromatic carbocycles. The standard InChI is InChI=1S/C13H25NO/c1-3-5-8-11(4-2)14-12-9-6-7-10-13(12)15/h3,11-15H,1,4-10H2,2H3/t11-,12+,13-/m0/s1.